The van der Waals surface area contributed by atoms with Gasteiger partial charge in [-0.3, -0.25) is 8.42 Å². The van der Waals surface area contributed by atoms with Crippen molar-refractivity contribution in [1.82, 2.24) is 0 Å². The Labute approximate surface area is 44.5 Å². The zero-order valence-corrected chi connectivity index (χ0v) is 5.16. The van der Waals surface area contributed by atoms with Crippen LogP contribution in [0.4, 0.5) is 0 Å². The summed E-state index contributed by atoms with van der Waals surface area (Å²) in [5.74, 6) is 0.201. The first-order valence-electron chi connectivity index (χ1n) is 2.12. The van der Waals surface area contributed by atoms with E-state index in [2.05, 4.69) is 6.26 Å². The third kappa shape index (κ3) is 5.95. The van der Waals surface area contributed by atoms with Crippen molar-refractivity contribution < 1.29 is 8.42 Å². The molecule has 0 aliphatic carbocycles. The van der Waals surface area contributed by atoms with Crippen LogP contribution >= 0.6 is 0 Å². The maximum Gasteiger partial charge on any atom is 0.0214 e. The minimum absolute atomic E-state index is 0.201. The fourth-order valence-corrected chi connectivity index (χ4v) is 0.933. The second kappa shape index (κ2) is 2.31. The summed E-state index contributed by atoms with van der Waals surface area (Å²) in [6, 6.07) is 0. The van der Waals surface area contributed by atoms with Gasteiger partial charge < -0.3 is 0 Å². The molecule has 0 aromatic heterocycles. The number of rotatable bonds is 2. The number of sulfone groups is 1. The van der Waals surface area contributed by atoms with E-state index in [1.54, 1.807) is 0 Å². The minimum atomic E-state index is -2.92. The third-order valence-electron chi connectivity index (χ3n) is 0.515. The van der Waals surface area contributed by atoms with E-state index in [1.807, 2.05) is 6.92 Å². The van der Waals surface area contributed by atoms with Crippen molar-refractivity contribution in [1.29, 1.82) is 0 Å². The van der Waals surface area contributed by atoms with Gasteiger partial charge in [0.25, 0.3) is 0 Å². The van der Waals surface area contributed by atoms with Gasteiger partial charge in [-0.05, 0) is 6.42 Å². The van der Waals surface area contributed by atoms with Crippen LogP contribution in [0.3, 0.4) is 0 Å². The highest BCUT2D eigenvalue weighted by molar-refractivity contribution is 7.92. The molecule has 0 spiro atoms. The topological polar surface area (TPSA) is 34.1 Å². The van der Waals surface area contributed by atoms with E-state index in [1.165, 1.54) is 0 Å². The monoisotopic (exact) mass is 121 g/mol. The summed E-state index contributed by atoms with van der Waals surface area (Å²) in [6.45, 7) is 1.81. The molecule has 0 amide bonds. The molecule has 0 radical (unpaired) electrons. The van der Waals surface area contributed by atoms with Crippen molar-refractivity contribution in [2.45, 2.75) is 13.3 Å². The van der Waals surface area contributed by atoms with Crippen LogP contribution in [0, 0.1) is 6.26 Å². The molecule has 0 saturated carbocycles. The number of hydrogen-bond acceptors (Lipinski definition) is 2. The molecular weight excluding hydrogens is 112 g/mol. The van der Waals surface area contributed by atoms with Crippen molar-refractivity contribution in [2.75, 3.05) is 5.75 Å². The second-order valence-corrected chi connectivity index (χ2v) is 3.34. The summed E-state index contributed by atoms with van der Waals surface area (Å²) in [7, 11) is -2.92. The van der Waals surface area contributed by atoms with Crippen LogP contribution in [-0.4, -0.2) is 14.2 Å². The molecule has 44 valence electrons. The Hall–Kier alpha value is -0.0500. The van der Waals surface area contributed by atoms with Crippen molar-refractivity contribution in [3.8, 4) is 0 Å². The largest absolute Gasteiger partial charge is 0.263 e. The molecule has 0 fully saturated rings. The average molecular weight is 121 g/mol. The van der Waals surface area contributed by atoms with Crippen molar-refractivity contribution in [2.24, 2.45) is 0 Å². The Balaban J connectivity index is 3.60. The van der Waals surface area contributed by atoms with Gasteiger partial charge in [0.05, 0.1) is 0 Å². The molecule has 7 heavy (non-hydrogen) atoms. The molecule has 0 aromatic rings. The van der Waals surface area contributed by atoms with Gasteiger partial charge in [-0.2, -0.15) is 0 Å². The highest BCUT2D eigenvalue weighted by atomic mass is 32.2. The first-order chi connectivity index (χ1) is 3.06. The molecule has 0 aliphatic rings. The average Bonchev–Trinajstić information content (AvgIpc) is 1.30. The maximum absolute atomic E-state index is 10.1. The van der Waals surface area contributed by atoms with E-state index in [0.29, 0.717) is 6.42 Å². The van der Waals surface area contributed by atoms with Crippen LogP contribution in [0.25, 0.3) is 0 Å². The molecule has 0 unspecified atom stereocenters. The third-order valence-corrected chi connectivity index (χ3v) is 1.55. The van der Waals surface area contributed by atoms with Gasteiger partial charge >= 0.3 is 0 Å². The fourth-order valence-electron chi connectivity index (χ4n) is 0.311. The van der Waals surface area contributed by atoms with E-state index in [0.717, 1.165) is 0 Å². The lowest BCUT2D eigenvalue weighted by Gasteiger charge is -1.95. The summed E-state index contributed by atoms with van der Waals surface area (Å²) >= 11 is 0. The van der Waals surface area contributed by atoms with Crippen LogP contribution in [0.5, 0.6) is 0 Å². The molecule has 0 saturated heterocycles. The van der Waals surface area contributed by atoms with Gasteiger partial charge in [0.15, 0.2) is 0 Å². The van der Waals surface area contributed by atoms with Gasteiger partial charge in [0, 0.05) is 15.6 Å². The first kappa shape index (κ1) is 6.95. The summed E-state index contributed by atoms with van der Waals surface area (Å²) < 4.78 is 20.2. The van der Waals surface area contributed by atoms with Gasteiger partial charge in [-0.25, -0.2) is 6.26 Å². The molecule has 0 bridgehead atoms. The van der Waals surface area contributed by atoms with Gasteiger partial charge in [-0.1, -0.05) is 6.92 Å². The predicted octanol–water partition coefficient (Wildman–Crippen LogP) is 0.603. The lowest BCUT2D eigenvalue weighted by Crippen LogP contribution is -1.97. The zero-order valence-electron chi connectivity index (χ0n) is 4.35. The molecule has 0 atom stereocenters. The van der Waals surface area contributed by atoms with Crippen LogP contribution in [-0.2, 0) is 9.84 Å². The van der Waals surface area contributed by atoms with E-state index >= 15 is 0 Å². The van der Waals surface area contributed by atoms with Crippen LogP contribution in [0.15, 0.2) is 0 Å². The smallest absolute Gasteiger partial charge is 0.0214 e. The van der Waals surface area contributed by atoms with Crippen molar-refractivity contribution >= 4 is 9.84 Å². The summed E-state index contributed by atoms with van der Waals surface area (Å²) in [6.07, 6.45) is 3.59. The minimum Gasteiger partial charge on any atom is -0.263 e. The highest BCUT2D eigenvalue weighted by Gasteiger charge is 1.87. The Morgan fingerprint density at radius 1 is 1.57 bits per heavy atom. The first-order valence-corrected chi connectivity index (χ1v) is 3.94. The van der Waals surface area contributed by atoms with E-state index < -0.39 is 9.84 Å². The molecular formula is C4H9O2S-. The second-order valence-electron chi connectivity index (χ2n) is 1.45. The lowest BCUT2D eigenvalue weighted by molar-refractivity contribution is 0.603. The molecule has 0 aliphatic heterocycles. The molecule has 0 N–H and O–H groups in total. The highest BCUT2D eigenvalue weighted by Crippen LogP contribution is 1.86. The van der Waals surface area contributed by atoms with Crippen LogP contribution < -0.4 is 0 Å². The van der Waals surface area contributed by atoms with Crippen LogP contribution in [0.1, 0.15) is 13.3 Å². The molecule has 3 heteroatoms. The zero-order chi connectivity index (χ0) is 5.91. The molecule has 0 aromatic carbocycles. The SMILES string of the molecule is [CH2-]S(=O)(=O)CCC. The van der Waals surface area contributed by atoms with Gasteiger partial charge in [0.2, 0.25) is 0 Å². The van der Waals surface area contributed by atoms with E-state index in [9.17, 15) is 8.42 Å². The number of hydrogen-bond donors (Lipinski definition) is 0. The van der Waals surface area contributed by atoms with E-state index in [4.69, 9.17) is 0 Å². The Morgan fingerprint density at radius 2 is 2.00 bits per heavy atom. The summed E-state index contributed by atoms with van der Waals surface area (Å²) in [5.41, 5.74) is 0. The van der Waals surface area contributed by atoms with Gasteiger partial charge in [0.1, 0.15) is 0 Å². The standard InChI is InChI=1S/C4H9O2S/c1-3-4-7(2,5)6/h2-4H2,1H3/q-1. The van der Waals surface area contributed by atoms with Crippen molar-refractivity contribution in [3.05, 3.63) is 6.26 Å². The Bertz CT molecular complexity index is 123. The molecule has 0 heterocycles. The predicted molar refractivity (Wildman–Crippen MR) is 29.4 cm³/mol. The normalized spacial score (nSPS) is 11.7. The summed E-state index contributed by atoms with van der Waals surface area (Å²) in [5, 5.41) is 0. The van der Waals surface area contributed by atoms with E-state index in [-0.39, 0.29) is 5.75 Å². The quantitative estimate of drug-likeness (QED) is 0.501. The van der Waals surface area contributed by atoms with Crippen LogP contribution in [0.2, 0.25) is 0 Å². The molecule has 2 nitrogen and oxygen atoms in total. The Kier molecular flexibility index (Phi) is 2.29. The maximum atomic E-state index is 10.1. The van der Waals surface area contributed by atoms with Crippen molar-refractivity contribution in [3.63, 3.8) is 0 Å². The fraction of sp³-hybridized carbons (Fsp3) is 0.750. The Morgan fingerprint density at radius 3 is 2.00 bits per heavy atom. The molecule has 0 rings (SSSR count). The summed E-state index contributed by atoms with van der Waals surface area (Å²) in [4.78, 5) is 0. The lowest BCUT2D eigenvalue weighted by atomic mass is 10.6. The van der Waals surface area contributed by atoms with Gasteiger partial charge in [-0.15, -0.1) is 0 Å².